The molecular weight excluding hydrogens is 128 g/mol. The van der Waals surface area contributed by atoms with Crippen molar-refractivity contribution in [1.29, 1.82) is 0 Å². The fourth-order valence-corrected chi connectivity index (χ4v) is 1.04. The van der Waals surface area contributed by atoms with E-state index >= 15 is 0 Å². The second-order valence-electron chi connectivity index (χ2n) is 2.36. The van der Waals surface area contributed by atoms with Gasteiger partial charge in [0.25, 0.3) is 0 Å². The van der Waals surface area contributed by atoms with Crippen molar-refractivity contribution in [2.75, 3.05) is 7.05 Å². The molecule has 1 unspecified atom stereocenters. The summed E-state index contributed by atoms with van der Waals surface area (Å²) < 4.78 is 1.90. The van der Waals surface area contributed by atoms with Crippen LogP contribution < -0.4 is 10.6 Å². The van der Waals surface area contributed by atoms with Crippen LogP contribution in [0.5, 0.6) is 0 Å². The Labute approximate surface area is 59.2 Å². The smallest absolute Gasteiger partial charge is 0.131 e. The van der Waals surface area contributed by atoms with E-state index in [1.807, 2.05) is 24.0 Å². The Hall–Kier alpha value is -0.870. The van der Waals surface area contributed by atoms with Gasteiger partial charge in [0, 0.05) is 12.4 Å². The van der Waals surface area contributed by atoms with Gasteiger partial charge < -0.3 is 5.32 Å². The van der Waals surface area contributed by atoms with Crippen LogP contribution in [0.4, 0.5) is 0 Å². The van der Waals surface area contributed by atoms with Gasteiger partial charge in [-0.05, 0) is 13.1 Å². The topological polar surface area (TPSA) is 51.8 Å². The third kappa shape index (κ3) is 0.815. The molecule has 2 N–H and O–H groups in total. The fraction of sp³-hybridized carbons (Fsp3) is 0.500. The highest BCUT2D eigenvalue weighted by molar-refractivity contribution is 4.93. The first-order valence-corrected chi connectivity index (χ1v) is 3.34. The van der Waals surface area contributed by atoms with Crippen molar-refractivity contribution in [3.05, 3.63) is 18.5 Å². The van der Waals surface area contributed by atoms with Gasteiger partial charge in [-0.15, -0.1) is 0 Å². The van der Waals surface area contributed by atoms with Crippen molar-refractivity contribution >= 4 is 0 Å². The van der Waals surface area contributed by atoms with Gasteiger partial charge in [-0.3, -0.25) is 10.00 Å². The number of rotatable bonds is 2. The van der Waals surface area contributed by atoms with Gasteiger partial charge in [0.2, 0.25) is 0 Å². The van der Waals surface area contributed by atoms with Crippen molar-refractivity contribution in [3.63, 3.8) is 0 Å². The predicted molar refractivity (Wildman–Crippen MR) is 37.2 cm³/mol. The molecule has 0 aliphatic carbocycles. The SMILES string of the molecule is CN[C@H]1NC1n1cccn1. The largest absolute Gasteiger partial charge is 0.302 e. The molecular formula is C6H10N4. The summed E-state index contributed by atoms with van der Waals surface area (Å²) in [6.45, 7) is 0. The summed E-state index contributed by atoms with van der Waals surface area (Å²) in [4.78, 5) is 0. The number of nitrogens with zero attached hydrogens (tertiary/aromatic N) is 2. The van der Waals surface area contributed by atoms with Gasteiger partial charge in [0.1, 0.15) is 6.17 Å². The molecule has 2 atom stereocenters. The Morgan fingerprint density at radius 2 is 2.60 bits per heavy atom. The molecule has 4 heteroatoms. The zero-order chi connectivity index (χ0) is 6.97. The van der Waals surface area contributed by atoms with E-state index in [9.17, 15) is 0 Å². The summed E-state index contributed by atoms with van der Waals surface area (Å²) in [5.41, 5.74) is 0. The minimum absolute atomic E-state index is 0.361. The lowest BCUT2D eigenvalue weighted by atomic mass is 10.6. The molecule has 0 saturated carbocycles. The molecule has 1 saturated heterocycles. The maximum Gasteiger partial charge on any atom is 0.131 e. The van der Waals surface area contributed by atoms with Crippen LogP contribution in [0.1, 0.15) is 6.17 Å². The molecule has 1 aliphatic heterocycles. The van der Waals surface area contributed by atoms with Crippen LogP contribution in [0.15, 0.2) is 18.5 Å². The monoisotopic (exact) mass is 138 g/mol. The van der Waals surface area contributed by atoms with Gasteiger partial charge in [-0.25, -0.2) is 0 Å². The van der Waals surface area contributed by atoms with Crippen LogP contribution in [-0.4, -0.2) is 23.0 Å². The molecule has 54 valence electrons. The zero-order valence-corrected chi connectivity index (χ0v) is 5.78. The second kappa shape index (κ2) is 2.07. The molecule has 1 aromatic rings. The fourth-order valence-electron chi connectivity index (χ4n) is 1.04. The molecule has 0 amide bonds. The molecule has 0 aromatic carbocycles. The average molecular weight is 138 g/mol. The van der Waals surface area contributed by atoms with Gasteiger partial charge in [-0.2, -0.15) is 5.10 Å². The highest BCUT2D eigenvalue weighted by atomic mass is 15.5. The van der Waals surface area contributed by atoms with Crippen LogP contribution in [-0.2, 0) is 0 Å². The lowest BCUT2D eigenvalue weighted by Crippen LogP contribution is -2.14. The Kier molecular flexibility index (Phi) is 1.22. The van der Waals surface area contributed by atoms with Crippen molar-refractivity contribution in [3.8, 4) is 0 Å². The van der Waals surface area contributed by atoms with E-state index in [1.54, 1.807) is 6.20 Å². The zero-order valence-electron chi connectivity index (χ0n) is 5.78. The first kappa shape index (κ1) is 5.88. The molecule has 1 fully saturated rings. The summed E-state index contributed by atoms with van der Waals surface area (Å²) in [7, 11) is 1.93. The minimum Gasteiger partial charge on any atom is -0.302 e. The lowest BCUT2D eigenvalue weighted by Gasteiger charge is -1.94. The van der Waals surface area contributed by atoms with E-state index < -0.39 is 0 Å². The number of nitrogens with one attached hydrogen (secondary N) is 2. The van der Waals surface area contributed by atoms with Gasteiger partial charge in [0.15, 0.2) is 0 Å². The Morgan fingerprint density at radius 1 is 1.70 bits per heavy atom. The average Bonchev–Trinajstić information content (AvgIpc) is 2.56. The maximum absolute atomic E-state index is 4.09. The maximum atomic E-state index is 4.09. The summed E-state index contributed by atoms with van der Waals surface area (Å²) in [6.07, 6.45) is 4.50. The van der Waals surface area contributed by atoms with Crippen LogP contribution in [0.3, 0.4) is 0 Å². The second-order valence-corrected chi connectivity index (χ2v) is 2.36. The molecule has 0 bridgehead atoms. The quantitative estimate of drug-likeness (QED) is 0.543. The van der Waals surface area contributed by atoms with Crippen molar-refractivity contribution < 1.29 is 0 Å². The third-order valence-electron chi connectivity index (χ3n) is 1.68. The Bertz CT molecular complexity index is 206. The van der Waals surface area contributed by atoms with Crippen molar-refractivity contribution in [2.24, 2.45) is 0 Å². The van der Waals surface area contributed by atoms with E-state index in [1.165, 1.54) is 0 Å². The molecule has 10 heavy (non-hydrogen) atoms. The van der Waals surface area contributed by atoms with E-state index in [0.29, 0.717) is 12.3 Å². The van der Waals surface area contributed by atoms with Crippen LogP contribution in [0.25, 0.3) is 0 Å². The standard InChI is InChI=1S/C6H10N4/c1-7-5-6(9-5)10-4-2-3-8-10/h2-7,9H,1H3/t5-,6?/m0/s1. The summed E-state index contributed by atoms with van der Waals surface area (Å²) in [6, 6.07) is 1.92. The molecule has 0 spiro atoms. The normalized spacial score (nSPS) is 30.5. The Balaban J connectivity index is 2.05. The van der Waals surface area contributed by atoms with E-state index in [0.717, 1.165) is 0 Å². The van der Waals surface area contributed by atoms with Crippen molar-refractivity contribution in [2.45, 2.75) is 12.3 Å². The minimum atomic E-state index is 0.361. The molecule has 4 nitrogen and oxygen atoms in total. The predicted octanol–water partition coefficient (Wildman–Crippen LogP) is -0.470. The van der Waals surface area contributed by atoms with E-state index in [2.05, 4.69) is 15.7 Å². The summed E-state index contributed by atoms with van der Waals surface area (Å²) in [5.74, 6) is 0. The molecule has 2 rings (SSSR count). The van der Waals surface area contributed by atoms with E-state index in [-0.39, 0.29) is 0 Å². The molecule has 1 aliphatic rings. The number of hydrogen-bond acceptors (Lipinski definition) is 3. The van der Waals surface area contributed by atoms with Crippen LogP contribution >= 0.6 is 0 Å². The summed E-state index contributed by atoms with van der Waals surface area (Å²) in [5, 5.41) is 10.4. The van der Waals surface area contributed by atoms with Gasteiger partial charge >= 0.3 is 0 Å². The molecule has 2 heterocycles. The van der Waals surface area contributed by atoms with Gasteiger partial charge in [-0.1, -0.05) is 0 Å². The van der Waals surface area contributed by atoms with Crippen molar-refractivity contribution in [1.82, 2.24) is 20.4 Å². The number of aromatic nitrogens is 2. The molecule has 1 aromatic heterocycles. The summed E-state index contributed by atoms with van der Waals surface area (Å²) >= 11 is 0. The first-order chi connectivity index (χ1) is 4.92. The lowest BCUT2D eigenvalue weighted by molar-refractivity contribution is 0.592. The Morgan fingerprint density at radius 3 is 3.10 bits per heavy atom. The number of likely N-dealkylation sites (N-methyl/N-ethyl adjacent to an activating group) is 1. The molecule has 0 radical (unpaired) electrons. The highest BCUT2D eigenvalue weighted by Crippen LogP contribution is 2.18. The highest BCUT2D eigenvalue weighted by Gasteiger charge is 2.36. The van der Waals surface area contributed by atoms with Crippen LogP contribution in [0, 0.1) is 0 Å². The number of hydrogen-bond donors (Lipinski definition) is 2. The van der Waals surface area contributed by atoms with Gasteiger partial charge in [0.05, 0.1) is 6.17 Å². The van der Waals surface area contributed by atoms with E-state index in [4.69, 9.17) is 0 Å². The van der Waals surface area contributed by atoms with Crippen LogP contribution in [0.2, 0.25) is 0 Å². The third-order valence-corrected chi connectivity index (χ3v) is 1.68. The first-order valence-electron chi connectivity index (χ1n) is 3.34.